The molecule has 2 aromatic rings. The molecule has 0 atom stereocenters. The molecule has 1 aliphatic carbocycles. The average molecular weight is 375 g/mol. The molecule has 1 saturated carbocycles. The first-order valence-corrected chi connectivity index (χ1v) is 9.69. The Balaban J connectivity index is 1.64. The third-order valence-corrected chi connectivity index (χ3v) is 5.56. The van der Waals surface area contributed by atoms with Gasteiger partial charge in [0.05, 0.1) is 5.69 Å². The minimum atomic E-state index is -3.17. The summed E-state index contributed by atoms with van der Waals surface area (Å²) in [6, 6.07) is 9.16. The van der Waals surface area contributed by atoms with Crippen molar-refractivity contribution in [2.24, 2.45) is 0 Å². The lowest BCUT2D eigenvalue weighted by Crippen LogP contribution is -2.52. The highest BCUT2D eigenvalue weighted by molar-refractivity contribution is 5.59. The molecule has 2 heterocycles. The summed E-state index contributed by atoms with van der Waals surface area (Å²) in [4.78, 5) is 2.50. The van der Waals surface area contributed by atoms with E-state index in [-0.39, 0.29) is 5.75 Å². The smallest absolute Gasteiger partial charge is 0.394 e. The lowest BCUT2D eigenvalue weighted by atomic mass is 10.1. The van der Waals surface area contributed by atoms with Gasteiger partial charge in [0.1, 0.15) is 5.75 Å². The van der Waals surface area contributed by atoms with Gasteiger partial charge in [0, 0.05) is 49.2 Å². The van der Waals surface area contributed by atoms with Crippen LogP contribution in [0, 0.1) is 6.92 Å². The second-order valence-corrected chi connectivity index (χ2v) is 7.84. The first-order chi connectivity index (χ1) is 12.8. The van der Waals surface area contributed by atoms with Crippen molar-refractivity contribution in [3.8, 4) is 11.4 Å². The molecule has 1 aromatic carbocycles. The number of benzene rings is 1. The molecule has 6 heteroatoms. The SMILES string of the molecule is CCc1c(N2CCNC3(CC3)C2)cc(C)n1-c1ccc(OC(C)(F)F)cc1. The topological polar surface area (TPSA) is 29.4 Å². The molecule has 0 radical (unpaired) electrons. The quantitative estimate of drug-likeness (QED) is 0.846. The maximum atomic E-state index is 13.1. The zero-order valence-electron chi connectivity index (χ0n) is 16.2. The number of anilines is 1. The van der Waals surface area contributed by atoms with E-state index in [1.807, 2.05) is 12.1 Å². The van der Waals surface area contributed by atoms with Crippen LogP contribution in [0.5, 0.6) is 5.75 Å². The van der Waals surface area contributed by atoms with E-state index in [1.165, 1.54) is 24.2 Å². The van der Waals surface area contributed by atoms with E-state index in [0.29, 0.717) is 5.54 Å². The Morgan fingerprint density at radius 1 is 1.22 bits per heavy atom. The van der Waals surface area contributed by atoms with Crippen LogP contribution in [0.1, 0.15) is 38.1 Å². The molecule has 2 aliphatic rings. The third-order valence-electron chi connectivity index (χ3n) is 5.56. The van der Waals surface area contributed by atoms with Gasteiger partial charge in [-0.05, 0) is 56.5 Å². The second-order valence-electron chi connectivity index (χ2n) is 7.84. The van der Waals surface area contributed by atoms with Gasteiger partial charge >= 0.3 is 6.11 Å². The fraction of sp³-hybridized carbons (Fsp3) is 0.524. The van der Waals surface area contributed by atoms with E-state index < -0.39 is 6.11 Å². The van der Waals surface area contributed by atoms with Crippen LogP contribution in [-0.4, -0.2) is 35.8 Å². The molecule has 1 spiro atoms. The number of rotatable bonds is 5. The number of ether oxygens (including phenoxy) is 1. The Kier molecular flexibility index (Phi) is 4.41. The van der Waals surface area contributed by atoms with E-state index >= 15 is 0 Å². The van der Waals surface area contributed by atoms with Crippen molar-refractivity contribution in [3.63, 3.8) is 0 Å². The van der Waals surface area contributed by atoms with Crippen LogP contribution in [0.3, 0.4) is 0 Å². The fourth-order valence-corrected chi connectivity index (χ4v) is 4.16. The van der Waals surface area contributed by atoms with Crippen molar-refractivity contribution >= 4 is 5.69 Å². The van der Waals surface area contributed by atoms with Gasteiger partial charge in [-0.1, -0.05) is 6.92 Å². The third kappa shape index (κ3) is 3.68. The van der Waals surface area contributed by atoms with E-state index in [1.54, 1.807) is 12.1 Å². The number of halogens is 2. The normalized spacial score (nSPS) is 18.8. The van der Waals surface area contributed by atoms with Crippen LogP contribution in [-0.2, 0) is 6.42 Å². The number of nitrogens with zero attached hydrogens (tertiary/aromatic N) is 2. The Morgan fingerprint density at radius 2 is 1.93 bits per heavy atom. The van der Waals surface area contributed by atoms with Gasteiger partial charge in [0.2, 0.25) is 0 Å². The minimum Gasteiger partial charge on any atom is -0.433 e. The minimum absolute atomic E-state index is 0.173. The van der Waals surface area contributed by atoms with Gasteiger partial charge in [-0.15, -0.1) is 0 Å². The Hall–Kier alpha value is -2.08. The Morgan fingerprint density at radius 3 is 2.52 bits per heavy atom. The summed E-state index contributed by atoms with van der Waals surface area (Å²) in [5.74, 6) is 0.173. The summed E-state index contributed by atoms with van der Waals surface area (Å²) in [6.45, 7) is 8.10. The molecular weight excluding hydrogens is 348 g/mol. The summed E-state index contributed by atoms with van der Waals surface area (Å²) in [6.07, 6.45) is 0.251. The molecule has 27 heavy (non-hydrogen) atoms. The zero-order valence-corrected chi connectivity index (χ0v) is 16.2. The van der Waals surface area contributed by atoms with Crippen LogP contribution >= 0.6 is 0 Å². The molecule has 1 N–H and O–H groups in total. The molecule has 0 bridgehead atoms. The standard InChI is InChI=1S/C21H27F2N3O/c1-4-18-19(25-12-11-24-21(14-25)9-10-21)13-15(2)26(18)16-5-7-17(8-6-16)27-20(3,22)23/h5-8,13,24H,4,9-12,14H2,1-3H3. The number of alkyl halides is 2. The molecule has 1 aromatic heterocycles. The molecule has 1 saturated heterocycles. The predicted molar refractivity (Wildman–Crippen MR) is 103 cm³/mol. The molecule has 1 aliphatic heterocycles. The number of piperazine rings is 1. The van der Waals surface area contributed by atoms with Crippen molar-refractivity contribution in [2.75, 3.05) is 24.5 Å². The first-order valence-electron chi connectivity index (χ1n) is 9.69. The summed E-state index contributed by atoms with van der Waals surface area (Å²) >= 11 is 0. The Bertz CT molecular complexity index is 819. The summed E-state index contributed by atoms with van der Waals surface area (Å²) < 4.78 is 33.0. The average Bonchev–Trinajstić information content (AvgIpc) is 3.26. The molecule has 4 nitrogen and oxygen atoms in total. The first kappa shape index (κ1) is 18.3. The molecule has 146 valence electrons. The van der Waals surface area contributed by atoms with Crippen LogP contribution in [0.25, 0.3) is 5.69 Å². The lowest BCUT2D eigenvalue weighted by Gasteiger charge is -2.36. The number of hydrogen-bond acceptors (Lipinski definition) is 3. The van der Waals surface area contributed by atoms with Gasteiger partial charge in [-0.25, -0.2) is 0 Å². The van der Waals surface area contributed by atoms with E-state index in [0.717, 1.165) is 44.4 Å². The maximum absolute atomic E-state index is 13.1. The highest BCUT2D eigenvalue weighted by Crippen LogP contribution is 2.40. The number of aryl methyl sites for hydroxylation is 1. The van der Waals surface area contributed by atoms with Crippen LogP contribution in [0.4, 0.5) is 14.5 Å². The molecule has 0 amide bonds. The van der Waals surface area contributed by atoms with Crippen molar-refractivity contribution < 1.29 is 13.5 Å². The van der Waals surface area contributed by atoms with Crippen molar-refractivity contribution in [1.82, 2.24) is 9.88 Å². The maximum Gasteiger partial charge on any atom is 0.394 e. The molecular formula is C21H27F2N3O. The van der Waals surface area contributed by atoms with Gasteiger partial charge < -0.3 is 19.5 Å². The monoisotopic (exact) mass is 375 g/mol. The lowest BCUT2D eigenvalue weighted by molar-refractivity contribution is -0.158. The van der Waals surface area contributed by atoms with Crippen molar-refractivity contribution in [3.05, 3.63) is 41.7 Å². The van der Waals surface area contributed by atoms with Crippen LogP contribution < -0.4 is 15.0 Å². The van der Waals surface area contributed by atoms with Crippen LogP contribution in [0.15, 0.2) is 30.3 Å². The summed E-state index contributed by atoms with van der Waals surface area (Å²) in [7, 11) is 0. The van der Waals surface area contributed by atoms with Crippen LogP contribution in [0.2, 0.25) is 0 Å². The molecule has 4 rings (SSSR count). The zero-order chi connectivity index (χ0) is 19.2. The number of aromatic nitrogens is 1. The highest BCUT2D eigenvalue weighted by atomic mass is 19.3. The second kappa shape index (κ2) is 6.51. The van der Waals surface area contributed by atoms with Gasteiger partial charge in [-0.2, -0.15) is 8.78 Å². The van der Waals surface area contributed by atoms with E-state index in [2.05, 4.69) is 39.4 Å². The summed E-state index contributed by atoms with van der Waals surface area (Å²) in [5.41, 5.74) is 5.00. The highest BCUT2D eigenvalue weighted by Gasteiger charge is 2.46. The van der Waals surface area contributed by atoms with Gasteiger partial charge in [-0.3, -0.25) is 0 Å². The number of nitrogens with one attached hydrogen (secondary N) is 1. The largest absolute Gasteiger partial charge is 0.433 e. The van der Waals surface area contributed by atoms with Crippen molar-refractivity contribution in [2.45, 2.75) is 51.7 Å². The summed E-state index contributed by atoms with van der Waals surface area (Å²) in [5, 5.41) is 3.66. The van der Waals surface area contributed by atoms with E-state index in [4.69, 9.17) is 0 Å². The molecule has 2 fully saturated rings. The fourth-order valence-electron chi connectivity index (χ4n) is 4.16. The van der Waals surface area contributed by atoms with E-state index in [9.17, 15) is 8.78 Å². The molecule has 0 unspecified atom stereocenters. The Labute approximate surface area is 159 Å². The van der Waals surface area contributed by atoms with Gasteiger partial charge in [0.15, 0.2) is 0 Å². The van der Waals surface area contributed by atoms with Crippen molar-refractivity contribution in [1.29, 1.82) is 0 Å². The number of hydrogen-bond donors (Lipinski definition) is 1. The predicted octanol–water partition coefficient (Wildman–Crippen LogP) is 4.28. The van der Waals surface area contributed by atoms with Gasteiger partial charge in [0.25, 0.3) is 0 Å².